The highest BCUT2D eigenvalue weighted by molar-refractivity contribution is 6.31. The molecule has 0 heterocycles. The van der Waals surface area contributed by atoms with E-state index in [-0.39, 0.29) is 10.9 Å². The van der Waals surface area contributed by atoms with Crippen molar-refractivity contribution in [3.05, 3.63) is 58.9 Å². The summed E-state index contributed by atoms with van der Waals surface area (Å²) in [5.41, 5.74) is 0.752. The van der Waals surface area contributed by atoms with E-state index < -0.39 is 11.8 Å². The monoisotopic (exact) mass is 307 g/mol. The zero-order chi connectivity index (χ0) is 15.4. The third-order valence-electron chi connectivity index (χ3n) is 2.56. The minimum absolute atomic E-state index is 0.0713. The molecule has 0 saturated carbocycles. The highest BCUT2D eigenvalue weighted by Crippen LogP contribution is 2.20. The summed E-state index contributed by atoms with van der Waals surface area (Å²) >= 11 is 5.64. The van der Waals surface area contributed by atoms with Crippen molar-refractivity contribution in [2.24, 2.45) is 0 Å². The average molecular weight is 308 g/mol. The molecule has 2 rings (SSSR count). The molecular formula is C15H11ClFNO3. The maximum Gasteiger partial charge on any atom is 0.308 e. The van der Waals surface area contributed by atoms with Crippen LogP contribution in [-0.2, 0) is 4.79 Å². The number of nitrogens with one attached hydrogen (secondary N) is 1. The van der Waals surface area contributed by atoms with Gasteiger partial charge in [-0.05, 0) is 42.5 Å². The van der Waals surface area contributed by atoms with Gasteiger partial charge in [0.1, 0.15) is 11.6 Å². The van der Waals surface area contributed by atoms with Crippen LogP contribution >= 0.6 is 11.6 Å². The van der Waals surface area contributed by atoms with Gasteiger partial charge in [0.05, 0.1) is 5.02 Å². The average Bonchev–Trinajstić information content (AvgIpc) is 2.43. The molecule has 0 atom stereocenters. The van der Waals surface area contributed by atoms with Gasteiger partial charge in [-0.2, -0.15) is 0 Å². The second-order valence-corrected chi connectivity index (χ2v) is 4.61. The fraction of sp³-hybridized carbons (Fsp3) is 0.0667. The number of rotatable bonds is 3. The number of halogens is 2. The zero-order valence-corrected chi connectivity index (χ0v) is 11.8. The summed E-state index contributed by atoms with van der Waals surface area (Å²) in [7, 11) is 0. The highest BCUT2D eigenvalue weighted by atomic mass is 35.5. The second kappa shape index (κ2) is 6.37. The lowest BCUT2D eigenvalue weighted by atomic mass is 10.2. The molecule has 108 valence electrons. The molecule has 0 aliphatic carbocycles. The quantitative estimate of drug-likeness (QED) is 0.695. The van der Waals surface area contributed by atoms with Crippen LogP contribution < -0.4 is 10.1 Å². The molecule has 1 amide bonds. The Morgan fingerprint density at radius 3 is 2.38 bits per heavy atom. The van der Waals surface area contributed by atoms with E-state index in [1.54, 1.807) is 0 Å². The van der Waals surface area contributed by atoms with E-state index in [4.69, 9.17) is 16.3 Å². The first-order valence-corrected chi connectivity index (χ1v) is 6.38. The molecular weight excluding hydrogens is 297 g/mol. The Morgan fingerprint density at radius 2 is 1.81 bits per heavy atom. The van der Waals surface area contributed by atoms with Gasteiger partial charge < -0.3 is 10.1 Å². The third-order valence-corrected chi connectivity index (χ3v) is 2.85. The third kappa shape index (κ3) is 4.03. The van der Waals surface area contributed by atoms with Crippen LogP contribution in [0.4, 0.5) is 10.1 Å². The van der Waals surface area contributed by atoms with Crippen molar-refractivity contribution in [1.29, 1.82) is 0 Å². The first kappa shape index (κ1) is 15.0. The van der Waals surface area contributed by atoms with Crippen molar-refractivity contribution in [2.75, 3.05) is 5.32 Å². The Hall–Kier alpha value is -2.40. The van der Waals surface area contributed by atoms with Gasteiger partial charge in [0.2, 0.25) is 0 Å². The number of carbonyl (C=O) groups excluding carboxylic acids is 2. The van der Waals surface area contributed by atoms with Crippen LogP contribution in [0.1, 0.15) is 17.3 Å². The summed E-state index contributed by atoms with van der Waals surface area (Å²) in [5.74, 6) is -1.02. The lowest BCUT2D eigenvalue weighted by molar-refractivity contribution is -0.131. The van der Waals surface area contributed by atoms with Crippen molar-refractivity contribution in [1.82, 2.24) is 0 Å². The molecule has 2 aromatic carbocycles. The van der Waals surface area contributed by atoms with Gasteiger partial charge in [-0.15, -0.1) is 0 Å². The molecule has 6 heteroatoms. The fourth-order valence-electron chi connectivity index (χ4n) is 1.62. The van der Waals surface area contributed by atoms with E-state index in [0.717, 1.165) is 0 Å². The molecule has 21 heavy (non-hydrogen) atoms. The standard InChI is InChI=1S/C15H11ClFNO3/c1-9(19)21-12-5-2-10(3-6-12)15(20)18-11-4-7-14(17)13(16)8-11/h2-8H,1H3,(H,18,20). The van der Waals surface area contributed by atoms with E-state index in [0.29, 0.717) is 17.0 Å². The predicted octanol–water partition coefficient (Wildman–Crippen LogP) is 3.66. The van der Waals surface area contributed by atoms with Crippen LogP contribution in [0.25, 0.3) is 0 Å². The van der Waals surface area contributed by atoms with Crippen LogP contribution in [0.2, 0.25) is 5.02 Å². The summed E-state index contributed by atoms with van der Waals surface area (Å²) < 4.78 is 17.9. The highest BCUT2D eigenvalue weighted by Gasteiger charge is 2.08. The molecule has 2 aromatic rings. The van der Waals surface area contributed by atoms with Gasteiger partial charge >= 0.3 is 5.97 Å². The maximum absolute atomic E-state index is 13.0. The lowest BCUT2D eigenvalue weighted by Gasteiger charge is -2.07. The molecule has 0 aliphatic heterocycles. The number of anilines is 1. The first-order chi connectivity index (χ1) is 9.95. The van der Waals surface area contributed by atoms with Crippen molar-refractivity contribution >= 4 is 29.2 Å². The molecule has 0 fully saturated rings. The summed E-state index contributed by atoms with van der Waals surface area (Å²) in [4.78, 5) is 22.8. The number of amides is 1. The summed E-state index contributed by atoms with van der Waals surface area (Å²) in [6.45, 7) is 1.29. The van der Waals surface area contributed by atoms with Gasteiger partial charge in [0, 0.05) is 18.2 Å². The number of hydrogen-bond donors (Lipinski definition) is 1. The molecule has 0 radical (unpaired) electrons. The summed E-state index contributed by atoms with van der Waals surface area (Å²) in [6.07, 6.45) is 0. The fourth-order valence-corrected chi connectivity index (χ4v) is 1.80. The van der Waals surface area contributed by atoms with Crippen molar-refractivity contribution in [3.63, 3.8) is 0 Å². The van der Waals surface area contributed by atoms with Crippen LogP contribution in [0.5, 0.6) is 5.75 Å². The normalized spacial score (nSPS) is 10.0. The Morgan fingerprint density at radius 1 is 1.14 bits per heavy atom. The smallest absolute Gasteiger partial charge is 0.308 e. The van der Waals surface area contributed by atoms with E-state index in [1.807, 2.05) is 0 Å². The minimum atomic E-state index is -0.555. The lowest BCUT2D eigenvalue weighted by Crippen LogP contribution is -2.12. The summed E-state index contributed by atoms with van der Waals surface area (Å²) in [5, 5.41) is 2.52. The molecule has 1 N–H and O–H groups in total. The molecule has 0 saturated heterocycles. The maximum atomic E-state index is 13.0. The Balaban J connectivity index is 2.09. The minimum Gasteiger partial charge on any atom is -0.427 e. The van der Waals surface area contributed by atoms with E-state index in [9.17, 15) is 14.0 Å². The second-order valence-electron chi connectivity index (χ2n) is 4.20. The van der Waals surface area contributed by atoms with E-state index in [1.165, 1.54) is 49.4 Å². The number of ether oxygens (including phenoxy) is 1. The number of benzene rings is 2. The van der Waals surface area contributed by atoms with Crippen molar-refractivity contribution < 1.29 is 18.7 Å². The van der Waals surface area contributed by atoms with Gasteiger partial charge in [0.25, 0.3) is 5.91 Å². The van der Waals surface area contributed by atoms with Gasteiger partial charge in [-0.1, -0.05) is 11.6 Å². The Bertz CT molecular complexity index is 686. The largest absolute Gasteiger partial charge is 0.427 e. The number of hydrogen-bond acceptors (Lipinski definition) is 3. The van der Waals surface area contributed by atoms with Crippen molar-refractivity contribution in [3.8, 4) is 5.75 Å². The van der Waals surface area contributed by atoms with Gasteiger partial charge in [0.15, 0.2) is 0 Å². The Labute approximate surface area is 125 Å². The van der Waals surface area contributed by atoms with Gasteiger partial charge in [-0.25, -0.2) is 4.39 Å². The topological polar surface area (TPSA) is 55.4 Å². The molecule has 0 bridgehead atoms. The molecule has 0 spiro atoms. The van der Waals surface area contributed by atoms with Crippen LogP contribution in [-0.4, -0.2) is 11.9 Å². The Kier molecular flexibility index (Phi) is 4.55. The molecule has 0 aromatic heterocycles. The van der Waals surface area contributed by atoms with E-state index in [2.05, 4.69) is 5.32 Å². The predicted molar refractivity (Wildman–Crippen MR) is 77.1 cm³/mol. The molecule has 0 aliphatic rings. The SMILES string of the molecule is CC(=O)Oc1ccc(C(=O)Nc2ccc(F)c(Cl)c2)cc1. The molecule has 0 unspecified atom stereocenters. The molecule has 4 nitrogen and oxygen atoms in total. The van der Waals surface area contributed by atoms with Crippen LogP contribution in [0.15, 0.2) is 42.5 Å². The number of esters is 1. The van der Waals surface area contributed by atoms with E-state index >= 15 is 0 Å². The summed E-state index contributed by atoms with van der Waals surface area (Å²) in [6, 6.07) is 9.94. The van der Waals surface area contributed by atoms with Crippen LogP contribution in [0.3, 0.4) is 0 Å². The zero-order valence-electron chi connectivity index (χ0n) is 11.0. The van der Waals surface area contributed by atoms with Gasteiger partial charge in [-0.3, -0.25) is 9.59 Å². The van der Waals surface area contributed by atoms with Crippen LogP contribution in [0, 0.1) is 5.82 Å². The number of carbonyl (C=O) groups is 2. The first-order valence-electron chi connectivity index (χ1n) is 6.00. The van der Waals surface area contributed by atoms with Crippen molar-refractivity contribution in [2.45, 2.75) is 6.92 Å².